The van der Waals surface area contributed by atoms with Gasteiger partial charge in [0, 0.05) is 18.5 Å². The number of allylic oxidation sites excluding steroid dienone is 1. The van der Waals surface area contributed by atoms with E-state index in [0.717, 1.165) is 6.42 Å². The smallest absolute Gasteiger partial charge is 0.309 e. The summed E-state index contributed by atoms with van der Waals surface area (Å²) in [6.07, 6.45) is 2.48. The molecular formula is C29H40FNO6. The predicted molar refractivity (Wildman–Crippen MR) is 138 cm³/mol. The van der Waals surface area contributed by atoms with Crippen LogP contribution < -0.4 is 0 Å². The van der Waals surface area contributed by atoms with E-state index in [-0.39, 0.29) is 30.6 Å². The quantitative estimate of drug-likeness (QED) is 0.342. The average molecular weight is 518 g/mol. The molecule has 2 aliphatic rings. The number of Topliss-reactive ketones (excluding diaryl/α,β-unsaturated/α-hetero) is 1. The number of hydrogen-bond donors (Lipinski definition) is 2. The van der Waals surface area contributed by atoms with Crippen molar-refractivity contribution < 1.29 is 33.7 Å². The van der Waals surface area contributed by atoms with Gasteiger partial charge in [-0.2, -0.15) is 0 Å². The largest absolute Gasteiger partial charge is 0.455 e. The number of ketones is 1. The highest BCUT2D eigenvalue weighted by Gasteiger charge is 2.53. The summed E-state index contributed by atoms with van der Waals surface area (Å²) in [5.41, 5.74) is -1.45. The van der Waals surface area contributed by atoms with Crippen molar-refractivity contribution in [3.05, 3.63) is 48.6 Å². The zero-order chi connectivity index (χ0) is 27.4. The Morgan fingerprint density at radius 3 is 2.65 bits per heavy atom. The van der Waals surface area contributed by atoms with E-state index in [1.54, 1.807) is 38.1 Å². The van der Waals surface area contributed by atoms with E-state index in [1.807, 2.05) is 13.8 Å². The summed E-state index contributed by atoms with van der Waals surface area (Å²) in [5, 5.41) is 22.0. The van der Waals surface area contributed by atoms with Gasteiger partial charge in [0.1, 0.15) is 11.6 Å². The fraction of sp³-hybridized carbons (Fsp3) is 0.621. The van der Waals surface area contributed by atoms with Crippen LogP contribution in [0.5, 0.6) is 0 Å². The number of hydrogen-bond acceptors (Lipinski definition) is 7. The van der Waals surface area contributed by atoms with Crippen LogP contribution in [0.1, 0.15) is 71.9 Å². The van der Waals surface area contributed by atoms with Crippen molar-refractivity contribution in [2.24, 2.45) is 17.3 Å². The van der Waals surface area contributed by atoms with Crippen molar-refractivity contribution in [2.45, 2.75) is 96.2 Å². The van der Waals surface area contributed by atoms with E-state index in [9.17, 15) is 19.8 Å². The molecule has 2 saturated heterocycles. The van der Waals surface area contributed by atoms with Crippen LogP contribution in [-0.4, -0.2) is 57.0 Å². The Morgan fingerprint density at radius 1 is 1.27 bits per heavy atom. The Labute approximate surface area is 218 Å². The van der Waals surface area contributed by atoms with Gasteiger partial charge in [0.05, 0.1) is 41.4 Å². The highest BCUT2D eigenvalue weighted by atomic mass is 19.1. The van der Waals surface area contributed by atoms with Crippen molar-refractivity contribution in [2.75, 3.05) is 0 Å². The highest BCUT2D eigenvalue weighted by Crippen LogP contribution is 2.45. The third-order valence-electron chi connectivity index (χ3n) is 7.93. The number of fused-ring (bicyclic) bond motifs is 1. The van der Waals surface area contributed by atoms with Gasteiger partial charge >= 0.3 is 5.97 Å². The number of ether oxygens (including phenoxy) is 2. The molecule has 1 aromatic rings. The zero-order valence-corrected chi connectivity index (χ0v) is 22.2. The minimum absolute atomic E-state index is 0.120. The molecule has 204 valence electrons. The van der Waals surface area contributed by atoms with Crippen molar-refractivity contribution in [3.8, 4) is 0 Å². The number of esters is 1. The number of carbonyl (C=O) groups excluding carboxylic acids is 2. The molecule has 0 spiro atoms. The van der Waals surface area contributed by atoms with Gasteiger partial charge in [0.25, 0.3) is 0 Å². The maximum Gasteiger partial charge on any atom is 0.309 e. The number of nitrogens with zero attached hydrogens (tertiary/aromatic N) is 1. The number of halogens is 1. The van der Waals surface area contributed by atoms with Crippen LogP contribution in [0, 0.1) is 17.3 Å². The van der Waals surface area contributed by atoms with Gasteiger partial charge in [-0.05, 0) is 50.3 Å². The van der Waals surface area contributed by atoms with Crippen LogP contribution in [0.4, 0.5) is 4.39 Å². The molecule has 0 amide bonds. The monoisotopic (exact) mass is 517 g/mol. The lowest BCUT2D eigenvalue weighted by Crippen LogP contribution is -2.46. The Bertz CT molecular complexity index is 995. The first-order chi connectivity index (χ1) is 17.4. The van der Waals surface area contributed by atoms with Crippen molar-refractivity contribution in [1.29, 1.82) is 0 Å². The molecule has 0 bridgehead atoms. The SMILES string of the molecule is C=CCC1C(=O)C(C)(C)C(O)CC(=O)OC(C(F)=Cc2ccccn2)CC2OC2(C)CCCC(C)C1O. The van der Waals surface area contributed by atoms with Gasteiger partial charge in [0.15, 0.2) is 6.10 Å². The number of aliphatic hydroxyl groups excluding tert-OH is 2. The third kappa shape index (κ3) is 7.12. The lowest BCUT2D eigenvalue weighted by Gasteiger charge is -2.35. The molecule has 3 rings (SSSR count). The summed E-state index contributed by atoms with van der Waals surface area (Å²) in [6, 6.07) is 5.09. The van der Waals surface area contributed by atoms with Gasteiger partial charge in [-0.25, -0.2) is 4.39 Å². The van der Waals surface area contributed by atoms with Gasteiger partial charge < -0.3 is 19.7 Å². The molecule has 0 saturated carbocycles. The maximum absolute atomic E-state index is 15.3. The number of cyclic esters (lactones) is 1. The predicted octanol–water partition coefficient (Wildman–Crippen LogP) is 4.57. The topological polar surface area (TPSA) is 109 Å². The minimum atomic E-state index is -1.39. The molecule has 7 atom stereocenters. The van der Waals surface area contributed by atoms with Gasteiger partial charge in [-0.1, -0.05) is 39.3 Å². The fourth-order valence-electron chi connectivity index (χ4n) is 5.10. The Hall–Kier alpha value is -2.42. The Morgan fingerprint density at radius 2 is 2.00 bits per heavy atom. The summed E-state index contributed by atoms with van der Waals surface area (Å²) >= 11 is 0. The van der Waals surface area contributed by atoms with E-state index in [0.29, 0.717) is 18.5 Å². The van der Waals surface area contributed by atoms with Crippen LogP contribution in [0.3, 0.4) is 0 Å². The van der Waals surface area contributed by atoms with Crippen LogP contribution in [0.25, 0.3) is 6.08 Å². The summed E-state index contributed by atoms with van der Waals surface area (Å²) in [5.74, 6) is -2.79. The first-order valence-electron chi connectivity index (χ1n) is 13.1. The second kappa shape index (κ2) is 12.0. The van der Waals surface area contributed by atoms with Crippen LogP contribution in [-0.2, 0) is 19.1 Å². The second-order valence-electron chi connectivity index (χ2n) is 11.2. The molecule has 0 aliphatic carbocycles. The maximum atomic E-state index is 15.3. The summed E-state index contributed by atoms with van der Waals surface area (Å²) in [7, 11) is 0. The number of rotatable bonds is 4. The third-order valence-corrected chi connectivity index (χ3v) is 7.93. The lowest BCUT2D eigenvalue weighted by molar-refractivity contribution is -0.155. The molecule has 8 heteroatoms. The summed E-state index contributed by atoms with van der Waals surface area (Å²) in [6.45, 7) is 10.7. The summed E-state index contributed by atoms with van der Waals surface area (Å²) < 4.78 is 26.8. The molecule has 2 N–H and O–H groups in total. The van der Waals surface area contributed by atoms with Crippen molar-refractivity contribution in [3.63, 3.8) is 0 Å². The molecule has 0 aromatic carbocycles. The van der Waals surface area contributed by atoms with E-state index < -0.39 is 53.5 Å². The Balaban J connectivity index is 1.89. The zero-order valence-electron chi connectivity index (χ0n) is 22.2. The first kappa shape index (κ1) is 29.1. The molecule has 2 fully saturated rings. The fourth-order valence-corrected chi connectivity index (χ4v) is 5.10. The number of epoxide rings is 1. The van der Waals surface area contributed by atoms with E-state index in [1.165, 1.54) is 12.3 Å². The number of pyridine rings is 1. The van der Waals surface area contributed by atoms with Crippen molar-refractivity contribution >= 4 is 17.8 Å². The summed E-state index contributed by atoms with van der Waals surface area (Å²) in [4.78, 5) is 30.5. The molecule has 7 unspecified atom stereocenters. The highest BCUT2D eigenvalue weighted by molar-refractivity contribution is 5.88. The van der Waals surface area contributed by atoms with Crippen LogP contribution in [0.2, 0.25) is 0 Å². The first-order valence-corrected chi connectivity index (χ1v) is 13.1. The molecular weight excluding hydrogens is 477 g/mol. The molecule has 7 nitrogen and oxygen atoms in total. The van der Waals surface area contributed by atoms with Gasteiger partial charge in [0.2, 0.25) is 0 Å². The average Bonchev–Trinajstić information content (AvgIpc) is 3.49. The van der Waals surface area contributed by atoms with E-state index >= 15 is 4.39 Å². The number of aromatic nitrogens is 1. The number of aliphatic hydroxyl groups is 2. The minimum Gasteiger partial charge on any atom is -0.455 e. The van der Waals surface area contributed by atoms with Crippen LogP contribution >= 0.6 is 0 Å². The normalized spacial score (nSPS) is 35.8. The van der Waals surface area contributed by atoms with Crippen molar-refractivity contribution in [1.82, 2.24) is 4.98 Å². The van der Waals surface area contributed by atoms with E-state index in [2.05, 4.69) is 11.6 Å². The molecule has 37 heavy (non-hydrogen) atoms. The van der Waals surface area contributed by atoms with Crippen LogP contribution in [0.15, 0.2) is 42.9 Å². The Kier molecular flexibility index (Phi) is 9.42. The second-order valence-corrected chi connectivity index (χ2v) is 11.2. The molecule has 3 heterocycles. The standard InChI is InChI=1S/C29H40FNO6/c1-6-10-20-26(34)18(2)11-9-13-29(5)24(37-29)16-22(21(30)15-19-12-7-8-14-31-19)36-25(33)17-23(32)28(3,4)27(20)35/h6-8,12,14-15,18,20,22-24,26,32,34H,1,9-11,13,16-17H2,2-5H3. The molecule has 2 aliphatic heterocycles. The van der Waals surface area contributed by atoms with Gasteiger partial charge in [-0.15, -0.1) is 6.58 Å². The molecule has 1 aromatic heterocycles. The van der Waals surface area contributed by atoms with Gasteiger partial charge in [-0.3, -0.25) is 14.6 Å². The lowest BCUT2D eigenvalue weighted by atomic mass is 9.71. The van der Waals surface area contributed by atoms with E-state index in [4.69, 9.17) is 9.47 Å². The number of carbonyl (C=O) groups is 2. The molecule has 0 radical (unpaired) electrons.